The number of nitrogens with zero attached hydrogens (tertiary/aromatic N) is 2. The highest BCUT2D eigenvalue weighted by Gasteiger charge is 2.17. The van der Waals surface area contributed by atoms with Crippen LogP contribution in [0.15, 0.2) is 12.1 Å². The van der Waals surface area contributed by atoms with Gasteiger partial charge in [0.1, 0.15) is 0 Å². The zero-order valence-corrected chi connectivity index (χ0v) is 12.1. The van der Waals surface area contributed by atoms with Crippen LogP contribution in [-0.2, 0) is 11.2 Å². The number of anilines is 1. The summed E-state index contributed by atoms with van der Waals surface area (Å²) >= 11 is 7.25. The van der Waals surface area contributed by atoms with E-state index in [9.17, 15) is 9.59 Å². The highest BCUT2D eigenvalue weighted by molar-refractivity contribution is 7.16. The molecule has 2 rings (SSSR count). The molecule has 0 aromatic carbocycles. The molecular formula is C11H12ClN5O2S. The number of aromatic nitrogens is 3. The van der Waals surface area contributed by atoms with Crippen molar-refractivity contribution >= 4 is 40.6 Å². The molecule has 2 aromatic heterocycles. The van der Waals surface area contributed by atoms with Crippen LogP contribution in [0, 0.1) is 0 Å². The van der Waals surface area contributed by atoms with Gasteiger partial charge >= 0.3 is 0 Å². The maximum Gasteiger partial charge on any atom is 0.275 e. The summed E-state index contributed by atoms with van der Waals surface area (Å²) < 4.78 is 0.693. The third-order valence-corrected chi connectivity index (χ3v) is 3.77. The van der Waals surface area contributed by atoms with Crippen LogP contribution in [0.2, 0.25) is 4.34 Å². The normalized spacial score (nSPS) is 10.3. The molecule has 3 N–H and O–H groups in total. The summed E-state index contributed by atoms with van der Waals surface area (Å²) in [4.78, 5) is 24.3. The van der Waals surface area contributed by atoms with Gasteiger partial charge in [-0.1, -0.05) is 11.6 Å². The molecule has 0 saturated carbocycles. The summed E-state index contributed by atoms with van der Waals surface area (Å²) in [6, 6.07) is 3.67. The zero-order valence-electron chi connectivity index (χ0n) is 10.6. The van der Waals surface area contributed by atoms with Crippen LogP contribution in [0.1, 0.15) is 21.8 Å². The van der Waals surface area contributed by atoms with Crippen molar-refractivity contribution in [3.8, 4) is 0 Å². The Labute approximate surface area is 123 Å². The van der Waals surface area contributed by atoms with Crippen molar-refractivity contribution in [2.24, 2.45) is 0 Å². The second-order valence-corrected chi connectivity index (χ2v) is 5.65. The van der Waals surface area contributed by atoms with Crippen molar-refractivity contribution in [3.63, 3.8) is 0 Å². The highest BCUT2D eigenvalue weighted by atomic mass is 35.5. The second kappa shape index (κ2) is 6.49. The van der Waals surface area contributed by atoms with Crippen molar-refractivity contribution in [2.75, 3.05) is 12.4 Å². The quantitative estimate of drug-likeness (QED) is 0.778. The Kier molecular flexibility index (Phi) is 4.70. The van der Waals surface area contributed by atoms with Crippen LogP contribution in [0.5, 0.6) is 0 Å². The lowest BCUT2D eigenvalue weighted by molar-refractivity contribution is -0.116. The summed E-state index contributed by atoms with van der Waals surface area (Å²) in [5.74, 6) is -0.536. The third kappa shape index (κ3) is 3.55. The lowest BCUT2D eigenvalue weighted by Gasteiger charge is -2.02. The monoisotopic (exact) mass is 313 g/mol. The van der Waals surface area contributed by atoms with E-state index in [-0.39, 0.29) is 23.8 Å². The number of carbonyl (C=O) groups is 2. The van der Waals surface area contributed by atoms with Gasteiger partial charge in [-0.15, -0.1) is 21.5 Å². The lowest BCUT2D eigenvalue weighted by Crippen LogP contribution is -2.21. The number of hydrogen-bond acceptors (Lipinski definition) is 5. The second-order valence-electron chi connectivity index (χ2n) is 3.85. The predicted molar refractivity (Wildman–Crippen MR) is 76.1 cm³/mol. The van der Waals surface area contributed by atoms with Crippen molar-refractivity contribution in [1.82, 2.24) is 20.7 Å². The molecule has 7 nitrogen and oxygen atoms in total. The average molecular weight is 314 g/mol. The Balaban J connectivity index is 1.91. The first kappa shape index (κ1) is 14.5. The topological polar surface area (TPSA) is 99.8 Å². The minimum atomic E-state index is -0.418. The molecule has 0 aliphatic carbocycles. The van der Waals surface area contributed by atoms with E-state index in [0.717, 1.165) is 4.88 Å². The van der Waals surface area contributed by atoms with Gasteiger partial charge in [0.2, 0.25) is 5.91 Å². The minimum absolute atomic E-state index is 0.0556. The number of aromatic amines is 1. The molecule has 2 aromatic rings. The molecule has 0 aliphatic heterocycles. The molecule has 0 fully saturated rings. The average Bonchev–Trinajstić information content (AvgIpc) is 3.04. The molecular weight excluding hydrogens is 302 g/mol. The lowest BCUT2D eigenvalue weighted by atomic mass is 10.2. The Morgan fingerprint density at radius 3 is 2.85 bits per heavy atom. The summed E-state index contributed by atoms with van der Waals surface area (Å²) in [7, 11) is 1.48. The van der Waals surface area contributed by atoms with E-state index in [1.807, 2.05) is 6.07 Å². The first-order valence-corrected chi connectivity index (χ1v) is 6.96. The maximum atomic E-state index is 11.8. The van der Waals surface area contributed by atoms with E-state index in [0.29, 0.717) is 10.8 Å². The smallest absolute Gasteiger partial charge is 0.275 e. The summed E-state index contributed by atoms with van der Waals surface area (Å²) in [6.07, 6.45) is 0.854. The molecule has 9 heteroatoms. The van der Waals surface area contributed by atoms with Crippen LogP contribution in [0.4, 0.5) is 5.82 Å². The first-order chi connectivity index (χ1) is 9.60. The molecule has 0 radical (unpaired) electrons. The number of amides is 2. The van der Waals surface area contributed by atoms with Crippen LogP contribution in [0.25, 0.3) is 0 Å². The molecule has 0 bridgehead atoms. The van der Waals surface area contributed by atoms with Gasteiger partial charge in [-0.05, 0) is 18.6 Å². The number of halogens is 1. The van der Waals surface area contributed by atoms with Gasteiger partial charge in [-0.25, -0.2) is 0 Å². The maximum absolute atomic E-state index is 11.8. The standard InChI is InChI=1S/C11H12ClN5O2S/c1-13-11(19)9-10(16-17-15-9)14-8(18)5-3-6-2-4-7(12)20-6/h2,4H,3,5H2,1H3,(H,13,19)(H2,14,15,16,17,18). The van der Waals surface area contributed by atoms with Gasteiger partial charge in [0.15, 0.2) is 11.5 Å². The van der Waals surface area contributed by atoms with E-state index < -0.39 is 5.91 Å². The fourth-order valence-electron chi connectivity index (χ4n) is 1.51. The Hall–Kier alpha value is -1.93. The van der Waals surface area contributed by atoms with E-state index in [1.54, 1.807) is 6.07 Å². The van der Waals surface area contributed by atoms with E-state index in [1.165, 1.54) is 18.4 Å². The fraction of sp³-hybridized carbons (Fsp3) is 0.273. The number of thiophene rings is 1. The summed E-state index contributed by atoms with van der Waals surface area (Å²) in [5, 5.41) is 14.7. The zero-order chi connectivity index (χ0) is 14.5. The Morgan fingerprint density at radius 2 is 2.20 bits per heavy atom. The number of aryl methyl sites for hydroxylation is 1. The molecule has 0 saturated heterocycles. The van der Waals surface area contributed by atoms with Gasteiger partial charge in [0.05, 0.1) is 4.34 Å². The van der Waals surface area contributed by atoms with Crippen molar-refractivity contribution < 1.29 is 9.59 Å². The molecule has 106 valence electrons. The van der Waals surface area contributed by atoms with Gasteiger partial charge in [-0.2, -0.15) is 5.21 Å². The molecule has 0 unspecified atom stereocenters. The number of rotatable bonds is 5. The van der Waals surface area contributed by atoms with Crippen LogP contribution in [0.3, 0.4) is 0 Å². The van der Waals surface area contributed by atoms with Crippen LogP contribution in [-0.4, -0.2) is 34.3 Å². The summed E-state index contributed by atoms with van der Waals surface area (Å²) in [6.45, 7) is 0. The summed E-state index contributed by atoms with van der Waals surface area (Å²) in [5.41, 5.74) is 0.0556. The van der Waals surface area contributed by atoms with Gasteiger partial charge in [0.25, 0.3) is 5.91 Å². The van der Waals surface area contributed by atoms with E-state index in [4.69, 9.17) is 11.6 Å². The molecule has 2 heterocycles. The fourth-order valence-corrected chi connectivity index (χ4v) is 2.60. The van der Waals surface area contributed by atoms with Gasteiger partial charge < -0.3 is 10.6 Å². The van der Waals surface area contributed by atoms with Crippen LogP contribution < -0.4 is 10.6 Å². The predicted octanol–water partition coefficient (Wildman–Crippen LogP) is 1.45. The number of nitrogens with one attached hydrogen (secondary N) is 3. The SMILES string of the molecule is CNC(=O)c1n[nH]nc1NC(=O)CCc1ccc(Cl)s1. The van der Waals surface area contributed by atoms with E-state index >= 15 is 0 Å². The molecule has 2 amide bonds. The number of carbonyl (C=O) groups excluding carboxylic acids is 2. The Morgan fingerprint density at radius 1 is 1.40 bits per heavy atom. The van der Waals surface area contributed by atoms with Gasteiger partial charge in [-0.3, -0.25) is 9.59 Å². The molecule has 0 aliphatic rings. The molecule has 0 atom stereocenters. The number of H-pyrrole nitrogens is 1. The minimum Gasteiger partial charge on any atom is -0.354 e. The third-order valence-electron chi connectivity index (χ3n) is 2.48. The molecule has 20 heavy (non-hydrogen) atoms. The number of hydrogen-bond donors (Lipinski definition) is 3. The first-order valence-electron chi connectivity index (χ1n) is 5.77. The Bertz CT molecular complexity index is 624. The van der Waals surface area contributed by atoms with Gasteiger partial charge in [0, 0.05) is 18.3 Å². The van der Waals surface area contributed by atoms with Crippen LogP contribution >= 0.6 is 22.9 Å². The highest BCUT2D eigenvalue weighted by Crippen LogP contribution is 2.22. The van der Waals surface area contributed by atoms with Crippen molar-refractivity contribution in [1.29, 1.82) is 0 Å². The van der Waals surface area contributed by atoms with Crippen molar-refractivity contribution in [3.05, 3.63) is 27.0 Å². The van der Waals surface area contributed by atoms with E-state index in [2.05, 4.69) is 26.0 Å². The van der Waals surface area contributed by atoms with Crippen molar-refractivity contribution in [2.45, 2.75) is 12.8 Å². The molecule has 0 spiro atoms. The largest absolute Gasteiger partial charge is 0.354 e.